The number of aromatic nitrogens is 1. The molecule has 1 fully saturated rings. The number of pyridine rings is 1. The first-order valence-electron chi connectivity index (χ1n) is 5.26. The molecule has 1 aliphatic carbocycles. The number of hydrogen-bond acceptors (Lipinski definition) is 2. The number of carbonyl (C=O) groups excluding carboxylic acids is 1. The second kappa shape index (κ2) is 4.60. The van der Waals surface area contributed by atoms with E-state index in [0.717, 1.165) is 12.8 Å². The normalized spacial score (nSPS) is 14.9. The van der Waals surface area contributed by atoms with Crippen molar-refractivity contribution in [2.75, 3.05) is 6.54 Å². The Balaban J connectivity index is 2.28. The summed E-state index contributed by atoms with van der Waals surface area (Å²) < 4.78 is 0. The SMILES string of the molecule is CCN(C(=O)c1nc(Cl)ccc1Cl)C1CC1. The van der Waals surface area contributed by atoms with Crippen molar-refractivity contribution < 1.29 is 4.79 Å². The summed E-state index contributed by atoms with van der Waals surface area (Å²) >= 11 is 11.7. The molecule has 16 heavy (non-hydrogen) atoms. The van der Waals surface area contributed by atoms with Crippen LogP contribution in [0, 0.1) is 0 Å². The molecule has 0 aliphatic heterocycles. The minimum Gasteiger partial charge on any atom is -0.335 e. The topological polar surface area (TPSA) is 33.2 Å². The molecule has 1 aromatic rings. The first-order chi connectivity index (χ1) is 7.63. The highest BCUT2D eigenvalue weighted by atomic mass is 35.5. The van der Waals surface area contributed by atoms with Gasteiger partial charge >= 0.3 is 0 Å². The predicted octanol–water partition coefficient (Wildman–Crippen LogP) is 3.01. The van der Waals surface area contributed by atoms with E-state index in [4.69, 9.17) is 23.2 Å². The number of halogens is 2. The van der Waals surface area contributed by atoms with Gasteiger partial charge in [-0.2, -0.15) is 0 Å². The van der Waals surface area contributed by atoms with Crippen molar-refractivity contribution in [2.24, 2.45) is 0 Å². The van der Waals surface area contributed by atoms with Crippen LogP contribution in [0.25, 0.3) is 0 Å². The Labute approximate surface area is 104 Å². The highest BCUT2D eigenvalue weighted by Crippen LogP contribution is 2.29. The summed E-state index contributed by atoms with van der Waals surface area (Å²) in [7, 11) is 0. The zero-order valence-electron chi connectivity index (χ0n) is 8.91. The highest BCUT2D eigenvalue weighted by Gasteiger charge is 2.33. The Morgan fingerprint density at radius 2 is 2.19 bits per heavy atom. The van der Waals surface area contributed by atoms with Crippen molar-refractivity contribution in [1.82, 2.24) is 9.88 Å². The minimum atomic E-state index is -0.127. The summed E-state index contributed by atoms with van der Waals surface area (Å²) in [6.07, 6.45) is 2.13. The maximum Gasteiger partial charge on any atom is 0.274 e. The summed E-state index contributed by atoms with van der Waals surface area (Å²) in [5.41, 5.74) is 0.253. The molecule has 0 unspecified atom stereocenters. The Morgan fingerprint density at radius 3 is 2.75 bits per heavy atom. The van der Waals surface area contributed by atoms with E-state index in [1.807, 2.05) is 6.92 Å². The lowest BCUT2D eigenvalue weighted by Crippen LogP contribution is -2.33. The van der Waals surface area contributed by atoms with E-state index in [1.165, 1.54) is 0 Å². The van der Waals surface area contributed by atoms with E-state index in [1.54, 1.807) is 17.0 Å². The van der Waals surface area contributed by atoms with Crippen molar-refractivity contribution in [3.05, 3.63) is 28.0 Å². The number of rotatable bonds is 3. The molecule has 0 atom stereocenters. The first kappa shape index (κ1) is 11.7. The molecule has 0 saturated heterocycles. The Hall–Kier alpha value is -0.800. The molecule has 1 aliphatic rings. The Kier molecular flexibility index (Phi) is 3.36. The van der Waals surface area contributed by atoms with Gasteiger partial charge in [0, 0.05) is 12.6 Å². The van der Waals surface area contributed by atoms with E-state index in [0.29, 0.717) is 22.8 Å². The lowest BCUT2D eigenvalue weighted by Gasteiger charge is -2.20. The van der Waals surface area contributed by atoms with E-state index >= 15 is 0 Å². The standard InChI is InChI=1S/C11H12Cl2N2O/c1-2-15(7-3-4-7)11(16)10-8(12)5-6-9(13)14-10/h5-7H,2-4H2,1H3. The molecule has 1 amide bonds. The molecule has 0 radical (unpaired) electrons. The molecule has 86 valence electrons. The molecule has 0 bridgehead atoms. The van der Waals surface area contributed by atoms with Crippen LogP contribution in [0.5, 0.6) is 0 Å². The molecular formula is C11H12Cl2N2O. The predicted molar refractivity (Wildman–Crippen MR) is 64.0 cm³/mol. The summed E-state index contributed by atoms with van der Waals surface area (Å²) in [6, 6.07) is 3.54. The maximum atomic E-state index is 12.2. The number of carbonyl (C=O) groups is 1. The van der Waals surface area contributed by atoms with Gasteiger partial charge < -0.3 is 4.90 Å². The first-order valence-corrected chi connectivity index (χ1v) is 6.02. The van der Waals surface area contributed by atoms with Crippen molar-refractivity contribution >= 4 is 29.1 Å². The van der Waals surface area contributed by atoms with Gasteiger partial charge in [0.1, 0.15) is 10.8 Å². The fourth-order valence-electron chi connectivity index (χ4n) is 1.66. The van der Waals surface area contributed by atoms with E-state index in [2.05, 4.69) is 4.98 Å². The summed E-state index contributed by atoms with van der Waals surface area (Å²) in [5.74, 6) is -0.127. The molecular weight excluding hydrogens is 247 g/mol. The average Bonchev–Trinajstić information content (AvgIpc) is 3.07. The van der Waals surface area contributed by atoms with E-state index in [9.17, 15) is 4.79 Å². The van der Waals surface area contributed by atoms with Crippen LogP contribution in [-0.4, -0.2) is 28.4 Å². The lowest BCUT2D eigenvalue weighted by molar-refractivity contribution is 0.0747. The smallest absolute Gasteiger partial charge is 0.274 e. The largest absolute Gasteiger partial charge is 0.335 e. The van der Waals surface area contributed by atoms with Crippen molar-refractivity contribution in [2.45, 2.75) is 25.8 Å². The zero-order valence-corrected chi connectivity index (χ0v) is 10.4. The van der Waals surface area contributed by atoms with Gasteiger partial charge in [-0.15, -0.1) is 0 Å². The fourth-order valence-corrected chi connectivity index (χ4v) is 1.99. The summed E-state index contributed by atoms with van der Waals surface area (Å²) in [4.78, 5) is 17.9. The molecule has 3 nitrogen and oxygen atoms in total. The van der Waals surface area contributed by atoms with Gasteiger partial charge in [0.25, 0.3) is 5.91 Å². The summed E-state index contributed by atoms with van der Waals surface area (Å²) in [5, 5.41) is 0.646. The number of hydrogen-bond donors (Lipinski definition) is 0. The number of nitrogens with zero attached hydrogens (tertiary/aromatic N) is 2. The van der Waals surface area contributed by atoms with Crippen LogP contribution >= 0.6 is 23.2 Å². The van der Waals surface area contributed by atoms with Crippen LogP contribution < -0.4 is 0 Å². The molecule has 1 saturated carbocycles. The molecule has 5 heteroatoms. The van der Waals surface area contributed by atoms with Gasteiger partial charge in [-0.05, 0) is 31.9 Å². The van der Waals surface area contributed by atoms with Gasteiger partial charge in [-0.1, -0.05) is 23.2 Å². The minimum absolute atomic E-state index is 0.127. The molecule has 0 spiro atoms. The van der Waals surface area contributed by atoms with Crippen LogP contribution in [0.3, 0.4) is 0 Å². The second-order valence-corrected chi connectivity index (χ2v) is 4.58. The highest BCUT2D eigenvalue weighted by molar-refractivity contribution is 6.34. The van der Waals surface area contributed by atoms with E-state index < -0.39 is 0 Å². The van der Waals surface area contributed by atoms with Gasteiger partial charge in [0.2, 0.25) is 0 Å². The van der Waals surface area contributed by atoms with Gasteiger partial charge in [0.05, 0.1) is 5.02 Å². The Bertz CT molecular complexity index is 418. The van der Waals surface area contributed by atoms with Crippen LogP contribution in [0.15, 0.2) is 12.1 Å². The second-order valence-electron chi connectivity index (χ2n) is 3.79. The van der Waals surface area contributed by atoms with Crippen molar-refractivity contribution in [1.29, 1.82) is 0 Å². The molecule has 1 aromatic heterocycles. The number of amides is 1. The van der Waals surface area contributed by atoms with Gasteiger partial charge in [0.15, 0.2) is 0 Å². The maximum absolute atomic E-state index is 12.2. The van der Waals surface area contributed by atoms with Crippen LogP contribution in [-0.2, 0) is 0 Å². The summed E-state index contributed by atoms with van der Waals surface area (Å²) in [6.45, 7) is 2.63. The third-order valence-electron chi connectivity index (χ3n) is 2.60. The molecule has 0 N–H and O–H groups in total. The monoisotopic (exact) mass is 258 g/mol. The lowest BCUT2D eigenvalue weighted by atomic mass is 10.3. The van der Waals surface area contributed by atoms with Crippen molar-refractivity contribution in [3.8, 4) is 0 Å². The van der Waals surface area contributed by atoms with Crippen LogP contribution in [0.1, 0.15) is 30.3 Å². The van der Waals surface area contributed by atoms with Crippen LogP contribution in [0.4, 0.5) is 0 Å². The van der Waals surface area contributed by atoms with Crippen LogP contribution in [0.2, 0.25) is 10.2 Å². The third-order valence-corrected chi connectivity index (χ3v) is 3.12. The Morgan fingerprint density at radius 1 is 1.50 bits per heavy atom. The van der Waals surface area contributed by atoms with Gasteiger partial charge in [-0.25, -0.2) is 4.98 Å². The molecule has 2 rings (SSSR count). The molecule has 1 heterocycles. The van der Waals surface area contributed by atoms with Crippen molar-refractivity contribution in [3.63, 3.8) is 0 Å². The molecule has 0 aromatic carbocycles. The van der Waals surface area contributed by atoms with E-state index in [-0.39, 0.29) is 11.6 Å². The zero-order chi connectivity index (χ0) is 11.7. The average molecular weight is 259 g/mol. The third kappa shape index (κ3) is 2.30. The fraction of sp³-hybridized carbons (Fsp3) is 0.455. The van der Waals surface area contributed by atoms with Gasteiger partial charge in [-0.3, -0.25) is 4.79 Å². The quantitative estimate of drug-likeness (QED) is 0.782.